The van der Waals surface area contributed by atoms with Gasteiger partial charge in [0.1, 0.15) is 5.69 Å². The van der Waals surface area contributed by atoms with Crippen molar-refractivity contribution in [3.63, 3.8) is 0 Å². The molecule has 1 aromatic rings. The van der Waals surface area contributed by atoms with Gasteiger partial charge < -0.3 is 10.5 Å². The summed E-state index contributed by atoms with van der Waals surface area (Å²) < 4.78 is 4.68. The molecular formula is C8H9N3O3. The van der Waals surface area contributed by atoms with Crippen LogP contribution in [0.1, 0.15) is 18.7 Å². The summed E-state index contributed by atoms with van der Waals surface area (Å²) in [7, 11) is 0. The van der Waals surface area contributed by atoms with Crippen molar-refractivity contribution in [2.24, 2.45) is 5.73 Å². The molecule has 0 spiro atoms. The van der Waals surface area contributed by atoms with E-state index in [-0.39, 0.29) is 5.69 Å². The third-order valence-corrected chi connectivity index (χ3v) is 1.39. The van der Waals surface area contributed by atoms with E-state index in [1.54, 1.807) is 0 Å². The first kappa shape index (κ1) is 10.1. The molecule has 14 heavy (non-hydrogen) atoms. The van der Waals surface area contributed by atoms with Gasteiger partial charge >= 0.3 is 5.97 Å². The molecule has 74 valence electrons. The van der Waals surface area contributed by atoms with E-state index in [2.05, 4.69) is 14.7 Å². The molecule has 0 aliphatic rings. The lowest BCUT2D eigenvalue weighted by molar-refractivity contribution is -0.153. The number of carbonyl (C=O) groups excluding carboxylic acids is 2. The maximum absolute atomic E-state index is 10.9. The highest BCUT2D eigenvalue weighted by atomic mass is 16.5. The zero-order chi connectivity index (χ0) is 10.6. The average Bonchev–Trinajstić information content (AvgIpc) is 2.15. The molecule has 1 amide bonds. The number of carbonyl (C=O) groups is 2. The van der Waals surface area contributed by atoms with Crippen LogP contribution in [0.25, 0.3) is 0 Å². The van der Waals surface area contributed by atoms with Crippen molar-refractivity contribution in [3.05, 3.63) is 24.3 Å². The van der Waals surface area contributed by atoms with E-state index in [0.29, 0.717) is 0 Å². The van der Waals surface area contributed by atoms with E-state index in [0.717, 1.165) is 0 Å². The van der Waals surface area contributed by atoms with Crippen LogP contribution < -0.4 is 5.73 Å². The first-order valence-corrected chi connectivity index (χ1v) is 3.83. The molecule has 0 aliphatic carbocycles. The second kappa shape index (κ2) is 4.31. The van der Waals surface area contributed by atoms with Gasteiger partial charge in [0.25, 0.3) is 5.91 Å². The minimum Gasteiger partial charge on any atom is -0.446 e. The maximum Gasteiger partial charge on any atom is 0.303 e. The first-order chi connectivity index (χ1) is 6.61. The summed E-state index contributed by atoms with van der Waals surface area (Å²) in [6.07, 6.45) is 2.98. The fourth-order valence-electron chi connectivity index (χ4n) is 0.876. The summed E-state index contributed by atoms with van der Waals surface area (Å²) in [6.45, 7) is 1.19. The van der Waals surface area contributed by atoms with Crippen molar-refractivity contribution in [2.75, 3.05) is 0 Å². The number of nitrogens with two attached hydrogens (primary N) is 1. The largest absolute Gasteiger partial charge is 0.446 e. The standard InChI is InChI=1S/C8H9N3O3/c1-5(12)14-7(8(9)13)6-4-10-2-3-11-6/h2-4,7H,1H3,(H2,9,13). The molecule has 2 N–H and O–H groups in total. The topological polar surface area (TPSA) is 95.2 Å². The van der Waals surface area contributed by atoms with Crippen LogP contribution in [-0.4, -0.2) is 21.8 Å². The van der Waals surface area contributed by atoms with Crippen LogP contribution in [0.15, 0.2) is 18.6 Å². The summed E-state index contributed by atoms with van der Waals surface area (Å²) in [5.41, 5.74) is 5.25. The number of primary amides is 1. The van der Waals surface area contributed by atoms with Gasteiger partial charge in [0, 0.05) is 19.3 Å². The highest BCUT2D eigenvalue weighted by Gasteiger charge is 2.22. The molecule has 0 saturated heterocycles. The number of amides is 1. The Morgan fingerprint density at radius 3 is 2.64 bits per heavy atom. The van der Waals surface area contributed by atoms with Gasteiger partial charge in [-0.05, 0) is 0 Å². The normalized spacial score (nSPS) is 11.8. The number of nitrogens with zero attached hydrogens (tertiary/aromatic N) is 2. The minimum atomic E-state index is -1.17. The van der Waals surface area contributed by atoms with Crippen molar-refractivity contribution in [1.29, 1.82) is 0 Å². The molecule has 1 heterocycles. The van der Waals surface area contributed by atoms with E-state index in [4.69, 9.17) is 5.73 Å². The van der Waals surface area contributed by atoms with Gasteiger partial charge in [0.2, 0.25) is 6.10 Å². The molecule has 1 unspecified atom stereocenters. The molecule has 1 aromatic heterocycles. The Kier molecular flexibility index (Phi) is 3.11. The zero-order valence-electron chi connectivity index (χ0n) is 7.51. The van der Waals surface area contributed by atoms with E-state index >= 15 is 0 Å². The SMILES string of the molecule is CC(=O)OC(C(N)=O)c1cnccn1. The monoisotopic (exact) mass is 195 g/mol. The lowest BCUT2D eigenvalue weighted by atomic mass is 10.2. The van der Waals surface area contributed by atoms with Crippen molar-refractivity contribution in [2.45, 2.75) is 13.0 Å². The number of rotatable bonds is 3. The minimum absolute atomic E-state index is 0.218. The molecular weight excluding hydrogens is 186 g/mol. The Labute approximate surface area is 80.1 Å². The molecule has 0 bridgehead atoms. The third kappa shape index (κ3) is 2.51. The number of aromatic nitrogens is 2. The van der Waals surface area contributed by atoms with Gasteiger partial charge in [-0.2, -0.15) is 0 Å². The quantitative estimate of drug-likeness (QED) is 0.660. The van der Waals surface area contributed by atoms with Crippen LogP contribution in [0.5, 0.6) is 0 Å². The van der Waals surface area contributed by atoms with Crippen LogP contribution in [0.3, 0.4) is 0 Å². The fourth-order valence-corrected chi connectivity index (χ4v) is 0.876. The Morgan fingerprint density at radius 2 is 2.21 bits per heavy atom. The highest BCUT2D eigenvalue weighted by molar-refractivity contribution is 5.82. The third-order valence-electron chi connectivity index (χ3n) is 1.39. The molecule has 0 saturated carbocycles. The van der Waals surface area contributed by atoms with E-state index in [9.17, 15) is 9.59 Å². The van der Waals surface area contributed by atoms with E-state index < -0.39 is 18.0 Å². The second-order valence-electron chi connectivity index (χ2n) is 2.52. The number of hydrogen-bond acceptors (Lipinski definition) is 5. The molecule has 6 nitrogen and oxygen atoms in total. The predicted octanol–water partition coefficient (Wildman–Crippen LogP) is -0.434. The van der Waals surface area contributed by atoms with Crippen LogP contribution >= 0.6 is 0 Å². The summed E-state index contributed by atoms with van der Waals surface area (Å²) in [5.74, 6) is -1.37. The van der Waals surface area contributed by atoms with Crippen molar-refractivity contribution < 1.29 is 14.3 Å². The van der Waals surface area contributed by atoms with Gasteiger partial charge in [-0.1, -0.05) is 0 Å². The predicted molar refractivity (Wildman–Crippen MR) is 45.7 cm³/mol. The smallest absolute Gasteiger partial charge is 0.303 e. The van der Waals surface area contributed by atoms with Crippen LogP contribution in [-0.2, 0) is 14.3 Å². The molecule has 0 fully saturated rings. The first-order valence-electron chi connectivity index (χ1n) is 3.83. The van der Waals surface area contributed by atoms with Gasteiger partial charge in [0.05, 0.1) is 6.20 Å². The number of ether oxygens (including phenoxy) is 1. The molecule has 6 heteroatoms. The number of esters is 1. The summed E-state index contributed by atoms with van der Waals surface area (Å²) in [5, 5.41) is 0. The van der Waals surface area contributed by atoms with E-state index in [1.807, 2.05) is 0 Å². The Bertz CT molecular complexity index is 339. The molecule has 1 atom stereocenters. The maximum atomic E-state index is 10.9. The van der Waals surface area contributed by atoms with Gasteiger partial charge in [-0.3, -0.25) is 19.6 Å². The lowest BCUT2D eigenvalue weighted by Crippen LogP contribution is -2.26. The van der Waals surface area contributed by atoms with E-state index in [1.165, 1.54) is 25.5 Å². The molecule has 1 rings (SSSR count). The second-order valence-corrected chi connectivity index (χ2v) is 2.52. The molecule has 0 aromatic carbocycles. The van der Waals surface area contributed by atoms with Gasteiger partial charge in [-0.25, -0.2) is 0 Å². The fraction of sp³-hybridized carbons (Fsp3) is 0.250. The van der Waals surface area contributed by atoms with Crippen molar-refractivity contribution >= 4 is 11.9 Å². The average molecular weight is 195 g/mol. The van der Waals surface area contributed by atoms with Crippen molar-refractivity contribution in [3.8, 4) is 0 Å². The number of hydrogen-bond donors (Lipinski definition) is 1. The summed E-state index contributed by atoms with van der Waals surface area (Å²) in [6, 6.07) is 0. The van der Waals surface area contributed by atoms with Crippen LogP contribution in [0, 0.1) is 0 Å². The summed E-state index contributed by atoms with van der Waals surface area (Å²) in [4.78, 5) is 29.1. The Balaban J connectivity index is 2.89. The summed E-state index contributed by atoms with van der Waals surface area (Å²) >= 11 is 0. The van der Waals surface area contributed by atoms with Crippen molar-refractivity contribution in [1.82, 2.24) is 9.97 Å². The Morgan fingerprint density at radius 1 is 1.50 bits per heavy atom. The van der Waals surface area contributed by atoms with Gasteiger partial charge in [0.15, 0.2) is 0 Å². The lowest BCUT2D eigenvalue weighted by Gasteiger charge is -2.11. The molecule has 0 aliphatic heterocycles. The zero-order valence-corrected chi connectivity index (χ0v) is 7.51. The van der Waals surface area contributed by atoms with Gasteiger partial charge in [-0.15, -0.1) is 0 Å². The van der Waals surface area contributed by atoms with Crippen LogP contribution in [0.4, 0.5) is 0 Å². The molecule has 0 radical (unpaired) electrons. The Hall–Kier alpha value is -1.98. The van der Waals surface area contributed by atoms with Crippen LogP contribution in [0.2, 0.25) is 0 Å². The highest BCUT2D eigenvalue weighted by Crippen LogP contribution is 2.12.